The first-order chi connectivity index (χ1) is 16.6. The predicted molar refractivity (Wildman–Crippen MR) is 136 cm³/mol. The highest BCUT2D eigenvalue weighted by molar-refractivity contribution is 7.98. The number of piperazine rings is 1. The van der Waals surface area contributed by atoms with Gasteiger partial charge in [0.25, 0.3) is 5.91 Å². The average Bonchev–Trinajstić information content (AvgIpc) is 3.28. The number of carbonyl (C=O) groups is 1. The van der Waals surface area contributed by atoms with Crippen LogP contribution in [0, 0.1) is 0 Å². The van der Waals surface area contributed by atoms with Crippen LogP contribution in [0.1, 0.15) is 22.8 Å². The number of ether oxygens (including phenoxy) is 1. The molecule has 2 heterocycles. The van der Waals surface area contributed by atoms with E-state index >= 15 is 0 Å². The number of nitrogens with zero attached hydrogens (tertiary/aromatic N) is 5. The summed E-state index contributed by atoms with van der Waals surface area (Å²) in [6.07, 6.45) is 0. The number of aromatic nitrogens is 3. The van der Waals surface area contributed by atoms with Gasteiger partial charge in [-0.1, -0.05) is 54.6 Å². The largest absolute Gasteiger partial charge is 0.383 e. The second-order valence-electron chi connectivity index (χ2n) is 8.14. The van der Waals surface area contributed by atoms with E-state index in [1.165, 1.54) is 0 Å². The molecule has 4 rings (SSSR count). The van der Waals surface area contributed by atoms with Crippen LogP contribution < -0.4 is 0 Å². The van der Waals surface area contributed by atoms with Crippen molar-refractivity contribution in [2.75, 3.05) is 46.4 Å². The second-order valence-corrected chi connectivity index (χ2v) is 9.49. The Labute approximate surface area is 210 Å². The molecule has 180 valence electrons. The van der Waals surface area contributed by atoms with Gasteiger partial charge in [0.15, 0.2) is 11.0 Å². The number of methoxy groups -OCH3 is 1. The van der Waals surface area contributed by atoms with Crippen molar-refractivity contribution in [1.29, 1.82) is 0 Å². The number of rotatable bonds is 9. The summed E-state index contributed by atoms with van der Waals surface area (Å²) in [5.41, 5.74) is 2.71. The van der Waals surface area contributed by atoms with Gasteiger partial charge < -0.3 is 14.5 Å². The summed E-state index contributed by atoms with van der Waals surface area (Å²) in [6.45, 7) is 7.83. The first kappa shape index (κ1) is 24.7. The quantitative estimate of drug-likeness (QED) is 0.409. The highest BCUT2D eigenvalue weighted by Crippen LogP contribution is 2.30. The summed E-state index contributed by atoms with van der Waals surface area (Å²) >= 11 is 8.01. The van der Waals surface area contributed by atoms with Crippen LogP contribution in [0.2, 0.25) is 5.02 Å². The Morgan fingerprint density at radius 2 is 1.79 bits per heavy atom. The van der Waals surface area contributed by atoms with E-state index in [-0.39, 0.29) is 5.91 Å². The number of likely N-dealkylation sites (N-methyl/N-ethyl adjacent to an activating group) is 1. The van der Waals surface area contributed by atoms with Gasteiger partial charge in [0, 0.05) is 50.2 Å². The minimum absolute atomic E-state index is 0.110. The average molecular weight is 500 g/mol. The van der Waals surface area contributed by atoms with Crippen LogP contribution in [-0.4, -0.2) is 76.9 Å². The van der Waals surface area contributed by atoms with Crippen LogP contribution in [0.5, 0.6) is 0 Å². The van der Waals surface area contributed by atoms with Crippen molar-refractivity contribution in [2.24, 2.45) is 0 Å². The molecule has 0 spiro atoms. The lowest BCUT2D eigenvalue weighted by atomic mass is 10.1. The van der Waals surface area contributed by atoms with Crippen LogP contribution in [0.15, 0.2) is 53.7 Å². The monoisotopic (exact) mass is 499 g/mol. The third-order valence-electron chi connectivity index (χ3n) is 6.03. The molecule has 1 aliphatic heterocycles. The Morgan fingerprint density at radius 1 is 1.06 bits per heavy atom. The lowest BCUT2D eigenvalue weighted by Gasteiger charge is -2.34. The van der Waals surface area contributed by atoms with Crippen LogP contribution in [-0.2, 0) is 17.0 Å². The summed E-state index contributed by atoms with van der Waals surface area (Å²) in [6, 6.07) is 15.5. The smallest absolute Gasteiger partial charge is 0.253 e. The van der Waals surface area contributed by atoms with E-state index in [4.69, 9.17) is 16.3 Å². The SMILES string of the molecule is CCN1CCN(C(=O)c2ccc(CSc3nnc(-c4ccccc4Cl)n3CCOC)cc2)CC1. The van der Waals surface area contributed by atoms with Crippen molar-refractivity contribution in [3.63, 3.8) is 0 Å². The summed E-state index contributed by atoms with van der Waals surface area (Å²) in [5.74, 6) is 1.56. The van der Waals surface area contributed by atoms with Gasteiger partial charge in [-0.15, -0.1) is 10.2 Å². The molecule has 0 atom stereocenters. The Morgan fingerprint density at radius 3 is 2.47 bits per heavy atom. The Balaban J connectivity index is 1.42. The van der Waals surface area contributed by atoms with E-state index in [0.717, 1.165) is 66.1 Å². The van der Waals surface area contributed by atoms with Crippen LogP contribution in [0.25, 0.3) is 11.4 Å². The van der Waals surface area contributed by atoms with Gasteiger partial charge in [-0.2, -0.15) is 0 Å². The van der Waals surface area contributed by atoms with Crippen LogP contribution in [0.3, 0.4) is 0 Å². The van der Waals surface area contributed by atoms with E-state index in [1.807, 2.05) is 58.0 Å². The Kier molecular flexibility index (Phi) is 8.61. The Hall–Kier alpha value is -2.39. The molecule has 1 amide bonds. The number of hydrogen-bond donors (Lipinski definition) is 0. The third-order valence-corrected chi connectivity index (χ3v) is 7.39. The molecule has 0 unspecified atom stereocenters. The number of hydrogen-bond acceptors (Lipinski definition) is 6. The standard InChI is InChI=1S/C25H30ClN5O2S/c1-3-29-12-14-30(15-13-29)24(32)20-10-8-19(9-11-20)18-34-25-28-27-23(31(25)16-17-33-2)21-6-4-5-7-22(21)26/h4-11H,3,12-18H2,1-2H3. The molecular formula is C25H30ClN5O2S. The number of halogens is 1. The van der Waals surface area contributed by atoms with E-state index < -0.39 is 0 Å². The van der Waals surface area contributed by atoms with E-state index in [0.29, 0.717) is 18.2 Å². The van der Waals surface area contributed by atoms with Crippen molar-refractivity contribution in [1.82, 2.24) is 24.6 Å². The molecule has 1 aliphatic rings. The van der Waals surface area contributed by atoms with Crippen molar-refractivity contribution >= 4 is 29.3 Å². The van der Waals surface area contributed by atoms with Crippen LogP contribution in [0.4, 0.5) is 0 Å². The van der Waals surface area contributed by atoms with Gasteiger partial charge in [0.1, 0.15) is 0 Å². The predicted octanol–water partition coefficient (Wildman–Crippen LogP) is 4.31. The molecule has 9 heteroatoms. The number of carbonyl (C=O) groups excluding carboxylic acids is 1. The molecule has 7 nitrogen and oxygen atoms in total. The number of thioether (sulfide) groups is 1. The second kappa shape index (κ2) is 11.8. The molecule has 3 aromatic rings. The lowest BCUT2D eigenvalue weighted by molar-refractivity contribution is 0.0643. The van der Waals surface area contributed by atoms with Gasteiger partial charge in [-0.3, -0.25) is 9.36 Å². The lowest BCUT2D eigenvalue weighted by Crippen LogP contribution is -2.48. The maximum Gasteiger partial charge on any atom is 0.253 e. The van der Waals surface area contributed by atoms with E-state index in [2.05, 4.69) is 22.0 Å². The first-order valence-corrected chi connectivity index (χ1v) is 12.9. The minimum Gasteiger partial charge on any atom is -0.383 e. The normalized spacial score (nSPS) is 14.5. The molecule has 0 saturated carbocycles. The molecule has 0 bridgehead atoms. The van der Waals surface area contributed by atoms with Crippen molar-refractivity contribution in [2.45, 2.75) is 24.4 Å². The molecule has 1 fully saturated rings. The molecule has 34 heavy (non-hydrogen) atoms. The van der Waals surface area contributed by atoms with Gasteiger partial charge in [0.05, 0.1) is 18.2 Å². The van der Waals surface area contributed by atoms with E-state index in [1.54, 1.807) is 18.9 Å². The Bertz CT molecular complexity index is 1100. The summed E-state index contributed by atoms with van der Waals surface area (Å²) in [5, 5.41) is 10.3. The molecule has 0 radical (unpaired) electrons. The topological polar surface area (TPSA) is 63.5 Å². The summed E-state index contributed by atoms with van der Waals surface area (Å²) in [4.78, 5) is 17.2. The highest BCUT2D eigenvalue weighted by Gasteiger charge is 2.21. The van der Waals surface area contributed by atoms with Crippen LogP contribution >= 0.6 is 23.4 Å². The fourth-order valence-corrected chi connectivity index (χ4v) is 5.10. The fraction of sp³-hybridized carbons (Fsp3) is 0.400. The molecule has 2 aromatic carbocycles. The van der Waals surface area contributed by atoms with Crippen molar-refractivity contribution in [3.8, 4) is 11.4 Å². The van der Waals surface area contributed by atoms with E-state index in [9.17, 15) is 4.79 Å². The fourth-order valence-electron chi connectivity index (χ4n) is 3.96. The zero-order valence-corrected chi connectivity index (χ0v) is 21.2. The highest BCUT2D eigenvalue weighted by atomic mass is 35.5. The number of benzene rings is 2. The van der Waals surface area contributed by atoms with Crippen molar-refractivity contribution in [3.05, 3.63) is 64.7 Å². The zero-order chi connectivity index (χ0) is 23.9. The maximum atomic E-state index is 12.9. The first-order valence-electron chi connectivity index (χ1n) is 11.5. The summed E-state index contributed by atoms with van der Waals surface area (Å²) in [7, 11) is 1.68. The molecule has 1 saturated heterocycles. The maximum absolute atomic E-state index is 12.9. The van der Waals surface area contributed by atoms with Gasteiger partial charge in [-0.05, 0) is 36.4 Å². The zero-order valence-electron chi connectivity index (χ0n) is 19.6. The molecule has 0 N–H and O–H groups in total. The molecule has 1 aromatic heterocycles. The molecular weight excluding hydrogens is 470 g/mol. The van der Waals surface area contributed by atoms with Gasteiger partial charge >= 0.3 is 0 Å². The third kappa shape index (κ3) is 5.81. The van der Waals surface area contributed by atoms with Gasteiger partial charge in [-0.25, -0.2) is 0 Å². The number of amides is 1. The summed E-state index contributed by atoms with van der Waals surface area (Å²) < 4.78 is 7.34. The molecule has 0 aliphatic carbocycles. The minimum atomic E-state index is 0.110. The van der Waals surface area contributed by atoms with Gasteiger partial charge in [0.2, 0.25) is 0 Å². The van der Waals surface area contributed by atoms with Crippen molar-refractivity contribution < 1.29 is 9.53 Å².